The van der Waals surface area contributed by atoms with Crippen LogP contribution < -0.4 is 5.73 Å². The molecule has 0 fully saturated rings. The molecular weight excluding hydrogens is 186 g/mol. The second-order valence-corrected chi connectivity index (χ2v) is 4.21. The molecule has 72 valence electrons. The molecule has 0 aliphatic carbocycles. The van der Waals surface area contributed by atoms with Crippen molar-refractivity contribution in [3.05, 3.63) is 34.9 Å². The van der Waals surface area contributed by atoms with Crippen molar-refractivity contribution >= 4 is 11.6 Å². The predicted octanol–water partition coefficient (Wildman–Crippen LogP) is 2.11. The van der Waals surface area contributed by atoms with Crippen LogP contribution in [-0.4, -0.2) is 10.6 Å². The van der Waals surface area contributed by atoms with E-state index in [9.17, 15) is 5.11 Å². The van der Waals surface area contributed by atoms with Gasteiger partial charge in [-0.2, -0.15) is 0 Å². The second-order valence-electron chi connectivity index (χ2n) is 3.78. The van der Waals surface area contributed by atoms with Crippen LogP contribution in [-0.2, 0) is 0 Å². The number of hydrogen-bond donors (Lipinski definition) is 2. The molecular formula is C10H14ClNO. The summed E-state index contributed by atoms with van der Waals surface area (Å²) in [7, 11) is 0. The number of halogens is 1. The van der Waals surface area contributed by atoms with Crippen LogP contribution in [0.2, 0.25) is 5.02 Å². The minimum absolute atomic E-state index is 0.631. The van der Waals surface area contributed by atoms with Crippen LogP contribution in [0.3, 0.4) is 0 Å². The summed E-state index contributed by atoms with van der Waals surface area (Å²) < 4.78 is 0. The highest BCUT2D eigenvalue weighted by Gasteiger charge is 2.23. The van der Waals surface area contributed by atoms with E-state index in [1.165, 1.54) is 0 Å². The Bertz CT molecular complexity index is 276. The molecule has 2 nitrogen and oxygen atoms in total. The molecule has 1 aromatic rings. The maximum atomic E-state index is 9.78. The Morgan fingerprint density at radius 2 is 1.77 bits per heavy atom. The van der Waals surface area contributed by atoms with Crippen molar-refractivity contribution < 1.29 is 5.11 Å². The SMILES string of the molecule is CC(C)(N)[C@H](O)c1ccc(Cl)cc1. The van der Waals surface area contributed by atoms with Crippen LogP contribution in [0.15, 0.2) is 24.3 Å². The highest BCUT2D eigenvalue weighted by atomic mass is 35.5. The molecule has 0 saturated heterocycles. The van der Waals surface area contributed by atoms with Gasteiger partial charge in [0.1, 0.15) is 0 Å². The first kappa shape index (κ1) is 10.5. The van der Waals surface area contributed by atoms with Gasteiger partial charge in [0, 0.05) is 10.6 Å². The van der Waals surface area contributed by atoms with Gasteiger partial charge < -0.3 is 10.8 Å². The molecule has 3 heteroatoms. The first-order valence-corrected chi connectivity index (χ1v) is 4.51. The molecule has 1 aromatic carbocycles. The third kappa shape index (κ3) is 2.69. The van der Waals surface area contributed by atoms with Crippen molar-refractivity contribution in [2.75, 3.05) is 0 Å². The largest absolute Gasteiger partial charge is 0.387 e. The van der Waals surface area contributed by atoms with Crippen molar-refractivity contribution in [3.8, 4) is 0 Å². The summed E-state index contributed by atoms with van der Waals surface area (Å²) in [4.78, 5) is 0. The summed E-state index contributed by atoms with van der Waals surface area (Å²) in [6.45, 7) is 3.57. The number of aliphatic hydroxyl groups is 1. The summed E-state index contributed by atoms with van der Waals surface area (Å²) in [5.74, 6) is 0. The Morgan fingerprint density at radius 3 is 2.15 bits per heavy atom. The first-order valence-electron chi connectivity index (χ1n) is 4.13. The number of benzene rings is 1. The van der Waals surface area contributed by atoms with E-state index >= 15 is 0 Å². The van der Waals surface area contributed by atoms with Crippen LogP contribution in [0.5, 0.6) is 0 Å². The summed E-state index contributed by atoms with van der Waals surface area (Å²) in [5, 5.41) is 10.4. The lowest BCUT2D eigenvalue weighted by atomic mass is 9.93. The van der Waals surface area contributed by atoms with Gasteiger partial charge in [0.15, 0.2) is 0 Å². The molecule has 0 amide bonds. The monoisotopic (exact) mass is 199 g/mol. The molecule has 13 heavy (non-hydrogen) atoms. The fourth-order valence-corrected chi connectivity index (χ4v) is 1.20. The van der Waals surface area contributed by atoms with Crippen molar-refractivity contribution in [3.63, 3.8) is 0 Å². The maximum Gasteiger partial charge on any atom is 0.0963 e. The van der Waals surface area contributed by atoms with Gasteiger partial charge in [0.2, 0.25) is 0 Å². The molecule has 0 spiro atoms. The minimum Gasteiger partial charge on any atom is -0.387 e. The topological polar surface area (TPSA) is 46.2 Å². The third-order valence-electron chi connectivity index (χ3n) is 1.89. The molecule has 0 aromatic heterocycles. The predicted molar refractivity (Wildman–Crippen MR) is 54.7 cm³/mol. The Morgan fingerprint density at radius 1 is 1.31 bits per heavy atom. The van der Waals surface area contributed by atoms with Crippen LogP contribution in [0.25, 0.3) is 0 Å². The van der Waals surface area contributed by atoms with Gasteiger partial charge in [-0.15, -0.1) is 0 Å². The number of rotatable bonds is 2. The van der Waals surface area contributed by atoms with E-state index in [0.29, 0.717) is 5.02 Å². The van der Waals surface area contributed by atoms with Gasteiger partial charge in [-0.05, 0) is 31.5 Å². The molecule has 0 bridgehead atoms. The normalized spacial score (nSPS) is 14.2. The number of hydrogen-bond acceptors (Lipinski definition) is 2. The van der Waals surface area contributed by atoms with Crippen molar-refractivity contribution in [2.24, 2.45) is 5.73 Å². The molecule has 1 atom stereocenters. The average Bonchev–Trinajstić information content (AvgIpc) is 2.03. The van der Waals surface area contributed by atoms with Gasteiger partial charge >= 0.3 is 0 Å². The van der Waals surface area contributed by atoms with Crippen molar-refractivity contribution in [2.45, 2.75) is 25.5 Å². The molecule has 0 aliphatic heterocycles. The smallest absolute Gasteiger partial charge is 0.0963 e. The van der Waals surface area contributed by atoms with E-state index in [4.69, 9.17) is 17.3 Å². The molecule has 0 radical (unpaired) electrons. The molecule has 0 heterocycles. The lowest BCUT2D eigenvalue weighted by Crippen LogP contribution is -2.39. The van der Waals surface area contributed by atoms with Crippen LogP contribution in [0, 0.1) is 0 Å². The number of aliphatic hydroxyl groups excluding tert-OH is 1. The summed E-state index contributed by atoms with van der Waals surface area (Å²) >= 11 is 5.72. The van der Waals surface area contributed by atoms with Crippen LogP contribution in [0.4, 0.5) is 0 Å². The van der Waals surface area contributed by atoms with E-state index in [2.05, 4.69) is 0 Å². The zero-order chi connectivity index (χ0) is 10.1. The standard InChI is InChI=1S/C10H14ClNO/c1-10(2,12)9(13)7-3-5-8(11)6-4-7/h3-6,9,13H,12H2,1-2H3/t9-/m1/s1. The summed E-state index contributed by atoms with van der Waals surface area (Å²) in [5.41, 5.74) is 5.92. The zero-order valence-corrected chi connectivity index (χ0v) is 8.55. The lowest BCUT2D eigenvalue weighted by molar-refractivity contribution is 0.104. The fourth-order valence-electron chi connectivity index (χ4n) is 1.07. The van der Waals surface area contributed by atoms with E-state index in [1.807, 2.05) is 0 Å². The molecule has 0 saturated carbocycles. The quantitative estimate of drug-likeness (QED) is 0.767. The second kappa shape index (κ2) is 3.66. The Balaban J connectivity index is 2.90. The summed E-state index contributed by atoms with van der Waals surface area (Å²) in [6.07, 6.45) is -0.662. The van der Waals surface area contributed by atoms with Gasteiger partial charge in [0.05, 0.1) is 6.10 Å². The van der Waals surface area contributed by atoms with Crippen LogP contribution >= 0.6 is 11.6 Å². The lowest BCUT2D eigenvalue weighted by Gasteiger charge is -2.26. The Labute approximate surface area is 83.3 Å². The highest BCUT2D eigenvalue weighted by Crippen LogP contribution is 2.24. The fraction of sp³-hybridized carbons (Fsp3) is 0.400. The van der Waals surface area contributed by atoms with E-state index in [0.717, 1.165) is 5.56 Å². The average molecular weight is 200 g/mol. The molecule has 0 unspecified atom stereocenters. The van der Waals surface area contributed by atoms with E-state index < -0.39 is 11.6 Å². The molecule has 0 aliphatic rings. The van der Waals surface area contributed by atoms with Gasteiger partial charge in [0.25, 0.3) is 0 Å². The summed E-state index contributed by atoms with van der Waals surface area (Å²) in [6, 6.07) is 7.04. The molecule has 3 N–H and O–H groups in total. The van der Waals surface area contributed by atoms with E-state index in [1.54, 1.807) is 38.1 Å². The first-order chi connectivity index (χ1) is 5.91. The third-order valence-corrected chi connectivity index (χ3v) is 2.14. The Kier molecular flexibility index (Phi) is 2.96. The van der Waals surface area contributed by atoms with Crippen molar-refractivity contribution in [1.29, 1.82) is 0 Å². The minimum atomic E-state index is -0.662. The maximum absolute atomic E-state index is 9.78. The highest BCUT2D eigenvalue weighted by molar-refractivity contribution is 6.30. The zero-order valence-electron chi connectivity index (χ0n) is 7.79. The van der Waals surface area contributed by atoms with Gasteiger partial charge in [-0.25, -0.2) is 0 Å². The van der Waals surface area contributed by atoms with E-state index in [-0.39, 0.29) is 0 Å². The molecule has 1 rings (SSSR count). The van der Waals surface area contributed by atoms with Crippen molar-refractivity contribution in [1.82, 2.24) is 0 Å². The number of nitrogens with two attached hydrogens (primary N) is 1. The van der Waals surface area contributed by atoms with Crippen LogP contribution in [0.1, 0.15) is 25.5 Å². The van der Waals surface area contributed by atoms with Gasteiger partial charge in [-0.1, -0.05) is 23.7 Å². The van der Waals surface area contributed by atoms with Gasteiger partial charge in [-0.3, -0.25) is 0 Å². The Hall–Kier alpha value is -0.570.